The number of halogens is 3. The number of rotatable bonds is 18. The van der Waals surface area contributed by atoms with E-state index in [1.807, 2.05) is 67.0 Å². The predicted octanol–water partition coefficient (Wildman–Crippen LogP) is 14.2. The number of pyridine rings is 3. The van der Waals surface area contributed by atoms with Gasteiger partial charge in [-0.15, -0.1) is 0 Å². The molecule has 21 nitrogen and oxygen atoms in total. The second-order valence-corrected chi connectivity index (χ2v) is 30.0. The number of ether oxygens (including phenoxy) is 2. The molecule has 3 heterocycles. The number of benzene rings is 3. The summed E-state index contributed by atoms with van der Waals surface area (Å²) < 4.78 is 51.3. The third-order valence-electron chi connectivity index (χ3n) is 22.4. The number of carbonyl (C=O) groups excluding carboxylic acids is 3. The number of carboxylic acid groups (broad SMARTS) is 4. The molecule has 15 atom stereocenters. The summed E-state index contributed by atoms with van der Waals surface area (Å²) >= 11 is 0. The molecule has 6 aromatic rings. The van der Waals surface area contributed by atoms with Gasteiger partial charge in [-0.3, -0.25) is 43.7 Å². The maximum atomic E-state index is 13.5. The van der Waals surface area contributed by atoms with Gasteiger partial charge in [0.15, 0.2) is 0 Å². The smallest absolute Gasteiger partial charge is 1.00 e. The maximum Gasteiger partial charge on any atom is 1.00 e. The summed E-state index contributed by atoms with van der Waals surface area (Å²) in [6.45, 7) is 13.7. The molecule has 3 aromatic carbocycles. The van der Waals surface area contributed by atoms with Gasteiger partial charge in [0.1, 0.15) is 17.5 Å². The maximum absolute atomic E-state index is 13.5. The number of primary amides is 1. The summed E-state index contributed by atoms with van der Waals surface area (Å²) in [6.07, 6.45) is 40.8. The summed E-state index contributed by atoms with van der Waals surface area (Å²) in [5.74, 6) is 4.33. The van der Waals surface area contributed by atoms with Crippen LogP contribution in [0, 0.1) is 106 Å². The predicted molar refractivity (Wildman–Crippen MR) is 458 cm³/mol. The first-order chi connectivity index (χ1) is 55.1. The fraction of sp³-hybridized carbons (Fsp3) is 0.511. The minimum absolute atomic E-state index is 0. The molecule has 672 valence electrons. The average molecular weight is 1930 g/mol. The minimum Gasteiger partial charge on any atom is -1.00 e. The molecule has 28 heteroatoms. The van der Waals surface area contributed by atoms with E-state index < -0.39 is 30.0 Å². The molecule has 0 spiro atoms. The van der Waals surface area contributed by atoms with Crippen LogP contribution < -0.4 is 114 Å². The van der Waals surface area contributed by atoms with E-state index in [0.29, 0.717) is 90.8 Å². The minimum atomic E-state index is -0.833. The van der Waals surface area contributed by atoms with Crippen LogP contribution in [0.25, 0.3) is 51.6 Å². The van der Waals surface area contributed by atoms with E-state index in [-0.39, 0.29) is 195 Å². The third kappa shape index (κ3) is 44.9. The van der Waals surface area contributed by atoms with E-state index in [0.717, 1.165) is 129 Å². The zero-order chi connectivity index (χ0) is 84.9. The van der Waals surface area contributed by atoms with Crippen molar-refractivity contribution in [3.63, 3.8) is 0 Å². The Morgan fingerprint density at radius 2 is 0.721 bits per heavy atom. The zero-order valence-corrected chi connectivity index (χ0v) is 80.1. The molecular formula is C94H133F3K2N4O17Rh2. The topological polar surface area (TPSA) is 356 Å². The van der Waals surface area contributed by atoms with Crippen LogP contribution in [0.4, 0.5) is 18.0 Å². The van der Waals surface area contributed by atoms with Crippen molar-refractivity contribution in [2.45, 2.75) is 193 Å². The number of aromatic nitrogens is 3. The van der Waals surface area contributed by atoms with Gasteiger partial charge in [-0.2, -0.15) is 0 Å². The largest absolute Gasteiger partial charge is 1.00 e. The van der Waals surface area contributed by atoms with Crippen LogP contribution in [0.3, 0.4) is 0 Å². The molecule has 12 rings (SSSR count). The molecular weight excluding hydrogens is 1800 g/mol. The van der Waals surface area contributed by atoms with Crippen molar-refractivity contribution >= 4 is 60.6 Å². The molecule has 3 aromatic heterocycles. The first-order valence-corrected chi connectivity index (χ1v) is 40.0. The Morgan fingerprint density at radius 3 is 0.951 bits per heavy atom. The van der Waals surface area contributed by atoms with Crippen LogP contribution >= 0.6 is 0 Å². The van der Waals surface area contributed by atoms with Crippen molar-refractivity contribution in [1.82, 2.24) is 15.0 Å². The zero-order valence-electron chi connectivity index (χ0n) is 71.6. The van der Waals surface area contributed by atoms with Gasteiger partial charge < -0.3 is 57.4 Å². The number of carboxylic acids is 4. The monoisotopic (exact) mass is 1930 g/mol. The fourth-order valence-electron chi connectivity index (χ4n) is 18.0. The third-order valence-corrected chi connectivity index (χ3v) is 22.4. The van der Waals surface area contributed by atoms with Crippen molar-refractivity contribution in [1.29, 1.82) is 0 Å². The Morgan fingerprint density at radius 1 is 0.459 bits per heavy atom. The average Bonchev–Trinajstić information content (AvgIpc) is 0.791. The molecule has 2 radical (unpaired) electrons. The van der Waals surface area contributed by atoms with Gasteiger partial charge in [0, 0.05) is 123 Å². The van der Waals surface area contributed by atoms with Crippen LogP contribution in [0.2, 0.25) is 0 Å². The standard InChI is InChI=1S/C28H34FNO2.C27H33FN2O2.C26H32FNO.4C2H4O2.CH2O3.CH4O.3CH4.2K.2Rh.H/c1-3-26-23(18-32-19(2)31)15-21-7-4-5-10-27(21)28(26)14-13-25-12-11-22(17-30-25)20-8-6-9-24(29)16-20;1-2-24-21(17-32-27(29)31)14-19-6-3-4-9-25(19)26(24)13-12-23-11-10-20(16-30-23)18-7-5-8-22(28)15-18;1-2-24-21(17-29)14-19-6-3-4-9-25(19)26(24)13-12-23-11-10-20(16-28-23)18-7-5-8-22(27)15-18;4*1-2(3)4;2-1-4-3;1-2;;;;;;;;/h6,8-9,11-14,16-17,21,23,26-28H,3-5,7,10,15,18H2,1-2H3;5,7-8,10-13,15-16,19,21,24-26H,2-4,6,9,14,17H2,1H3,(H2,29,31);5,7-8,10-13,15-16,19,21,24-26,29H,2-4,6,9,14,17H2,1H3;4*1H3,(H,3,4);1,3H;2H,1H3;3*1H4;;;;;/q;;;;;;;;;;;;2*+1;;;-1/p-1/b14-13+;2*13-12+;;;;;;;;;;;;;;/t21-,23-,26+,27+,28+;2*19-,21-,24-,25+,26+;;;;;;;;;;;;;;/m000............../s1. The number of carbonyl (C=O) groups is 7. The fourth-order valence-corrected chi connectivity index (χ4v) is 18.0. The molecule has 1 amide bonds. The van der Waals surface area contributed by atoms with Crippen molar-refractivity contribution in [3.05, 3.63) is 181 Å². The van der Waals surface area contributed by atoms with Crippen LogP contribution in [0.15, 0.2) is 146 Å². The number of aliphatic hydroxyl groups excluding tert-OH is 2. The molecule has 0 aliphatic heterocycles. The second-order valence-electron chi connectivity index (χ2n) is 30.0. The Hall–Kier alpha value is -5.39. The summed E-state index contributed by atoms with van der Waals surface area (Å²) in [5, 5.41) is 55.1. The van der Waals surface area contributed by atoms with E-state index in [2.05, 4.69) is 77.1 Å². The Bertz CT molecular complexity index is 3790. The number of aliphatic hydroxyl groups is 2. The number of aliphatic carboxylic acids is 4. The summed E-state index contributed by atoms with van der Waals surface area (Å²) in [7, 11) is 1.00. The number of amides is 1. The summed E-state index contributed by atoms with van der Waals surface area (Å²) in [5.41, 5.74) is 13.3. The van der Waals surface area contributed by atoms with Crippen molar-refractivity contribution in [2.24, 2.45) is 94.5 Å². The van der Waals surface area contributed by atoms with Gasteiger partial charge in [-0.25, -0.2) is 18.0 Å². The number of allylic oxidation sites excluding steroid dienone is 3. The SMILES string of the molecule is C.C.C.CC(=O)O.CC(=O)O.CC(=O)O.CC(=O)O.CC[C@@H]1[C@H](COC(C)=O)C[C@@H]2CCCC[C@H]2[C@@H]1/C=C/c1ccc(-c2cccc(F)c2)cn1.CC[C@H]1[C@H](CO)C[C@@H]2CCCC[C@H]2[C@@H]1/C=C/c1ccc(-c2cccc(F)c2)cn1.CC[C@H]1[C@H](COC(N)=O)C[C@@H]2CCCC[C@H]2[C@@H]1/C=C/c1ccc(-c2cccc(F)c2)cn1.CO.O=CO[O-].[H-].[K+].[K+].[Rh].[Rh]. The van der Waals surface area contributed by atoms with Crippen molar-refractivity contribution < 1.29 is 240 Å². The molecule has 6 fully saturated rings. The molecule has 8 N–H and O–H groups in total. The number of fused-ring (bicyclic) bond motifs is 3. The van der Waals surface area contributed by atoms with Crippen LogP contribution in [-0.2, 0) is 82.1 Å². The Labute approximate surface area is 834 Å². The number of hydrogen-bond acceptors (Lipinski definition) is 16. The van der Waals surface area contributed by atoms with Crippen molar-refractivity contribution in [2.75, 3.05) is 26.9 Å². The Balaban J connectivity index is -0.000000489. The molecule has 6 aliphatic carbocycles. The van der Waals surface area contributed by atoms with E-state index in [4.69, 9.17) is 70.0 Å². The van der Waals surface area contributed by atoms with Gasteiger partial charge in [0.25, 0.3) is 30.3 Å². The van der Waals surface area contributed by atoms with E-state index in [9.17, 15) is 27.9 Å². The van der Waals surface area contributed by atoms with Gasteiger partial charge in [0.05, 0.1) is 30.3 Å². The van der Waals surface area contributed by atoms with Crippen LogP contribution in [0.1, 0.15) is 212 Å². The van der Waals surface area contributed by atoms with E-state index >= 15 is 0 Å². The Kier molecular flexibility index (Phi) is 69.3. The number of nitrogens with zero attached hydrogens (tertiary/aromatic N) is 3. The molecule has 0 saturated heterocycles. The van der Waals surface area contributed by atoms with Gasteiger partial charge in [-0.1, -0.05) is 193 Å². The number of esters is 1. The van der Waals surface area contributed by atoms with Gasteiger partial charge in [0.2, 0.25) is 0 Å². The number of hydrogen-bond donors (Lipinski definition) is 7. The van der Waals surface area contributed by atoms with E-state index in [1.54, 1.807) is 30.5 Å². The normalized spacial score (nSPS) is 22.7. The van der Waals surface area contributed by atoms with E-state index in [1.165, 1.54) is 127 Å². The number of nitrogens with two attached hydrogens (primary N) is 1. The summed E-state index contributed by atoms with van der Waals surface area (Å²) in [4.78, 5) is 83.7. The molecule has 6 saturated carbocycles. The molecule has 6 aliphatic rings. The molecule has 0 unspecified atom stereocenters. The van der Waals surface area contributed by atoms with Crippen LogP contribution in [0.5, 0.6) is 0 Å². The molecule has 122 heavy (non-hydrogen) atoms. The molecule has 0 bridgehead atoms. The van der Waals surface area contributed by atoms with Crippen LogP contribution in [-0.4, -0.2) is 115 Å². The van der Waals surface area contributed by atoms with Crippen molar-refractivity contribution in [3.8, 4) is 33.4 Å². The van der Waals surface area contributed by atoms with Gasteiger partial charge >= 0.3 is 115 Å². The second kappa shape index (κ2) is 68.8. The summed E-state index contributed by atoms with van der Waals surface area (Å²) in [6, 6.07) is 31.8. The van der Waals surface area contributed by atoms with Gasteiger partial charge in [-0.05, 0) is 217 Å². The first-order valence-electron chi connectivity index (χ1n) is 40.0. The quantitative estimate of drug-likeness (QED) is 0.0138. The first kappa shape index (κ1) is 123.